The molecule has 0 bridgehead atoms. The highest BCUT2D eigenvalue weighted by atomic mass is 31.2. The number of ether oxygens (including phenoxy) is 2. The van der Waals surface area contributed by atoms with Gasteiger partial charge in [0.2, 0.25) is 0 Å². The van der Waals surface area contributed by atoms with Gasteiger partial charge in [-0.1, -0.05) is 160 Å². The van der Waals surface area contributed by atoms with Crippen molar-refractivity contribution in [2.45, 2.75) is 136 Å². The Labute approximate surface area is 365 Å². The van der Waals surface area contributed by atoms with Gasteiger partial charge in [0.05, 0.1) is 19.8 Å². The summed E-state index contributed by atoms with van der Waals surface area (Å²) in [6, 6.07) is 0. The molecule has 9 heteroatoms. The van der Waals surface area contributed by atoms with Crippen LogP contribution in [0.2, 0.25) is 0 Å². The number of esters is 1. The van der Waals surface area contributed by atoms with Gasteiger partial charge in [0.15, 0.2) is 0 Å². The van der Waals surface area contributed by atoms with Crippen LogP contribution in [0.3, 0.4) is 0 Å². The highest BCUT2D eigenvalue weighted by Gasteiger charge is 2.25. The minimum atomic E-state index is -4.32. The Hall–Kier alpha value is -3.62. The largest absolute Gasteiger partial charge is 0.472 e. The van der Waals surface area contributed by atoms with Gasteiger partial charge in [-0.15, -0.1) is 0 Å². The second kappa shape index (κ2) is 46.4. The average Bonchev–Trinajstić information content (AvgIpc) is 3.24. The lowest BCUT2D eigenvalue weighted by Gasteiger charge is -2.20. The van der Waals surface area contributed by atoms with Gasteiger partial charge < -0.3 is 20.1 Å². The van der Waals surface area contributed by atoms with E-state index in [-0.39, 0.29) is 32.8 Å². The normalized spacial score (nSPS) is 14.8. The third kappa shape index (κ3) is 45.5. The summed E-state index contributed by atoms with van der Waals surface area (Å²) in [4.78, 5) is 22.5. The maximum Gasteiger partial charge on any atom is 0.472 e. The van der Waals surface area contributed by atoms with Gasteiger partial charge in [0, 0.05) is 19.6 Å². The highest BCUT2D eigenvalue weighted by molar-refractivity contribution is 7.47. The molecule has 0 heterocycles. The van der Waals surface area contributed by atoms with Gasteiger partial charge in [-0.25, -0.2) is 4.57 Å². The lowest BCUT2D eigenvalue weighted by molar-refractivity contribution is -0.154. The molecular formula is C51H80NO7P. The maximum absolute atomic E-state index is 12.6. The van der Waals surface area contributed by atoms with E-state index in [0.29, 0.717) is 13.0 Å². The van der Waals surface area contributed by atoms with Crippen LogP contribution in [0.1, 0.15) is 129 Å². The Morgan fingerprint density at radius 1 is 0.500 bits per heavy atom. The molecule has 2 unspecified atom stereocenters. The molecule has 0 aliphatic carbocycles. The molecule has 0 rings (SSSR count). The van der Waals surface area contributed by atoms with Gasteiger partial charge in [0.25, 0.3) is 0 Å². The standard InChI is InChI=1S/C51H80NO7P/c1-3-5-7-9-11-13-15-17-19-21-23-24-25-26-27-28-30-32-34-36-38-40-42-44-51(53)59-50(49-58-60(54,55)57-47-45-52)48-56-46-43-41-39-37-35-33-31-29-22-20-18-16-14-12-10-8-6-4-2/h5-8,11-14,17-20,23-24,26-27,29-32,35-38,50H,3-4,9-10,15-16,21-22,25,28,33-34,39-49,52H2,1-2H3,(H,54,55)/b7-5-,8-6-,13-11-,14-12-,19-17-,20-18-,24-23-,27-26-,31-29-,32-30-,37-35-,38-36-. The summed E-state index contributed by atoms with van der Waals surface area (Å²) >= 11 is 0. The van der Waals surface area contributed by atoms with E-state index in [9.17, 15) is 14.3 Å². The first-order chi connectivity index (χ1) is 29.4. The fraction of sp³-hybridized carbons (Fsp3) is 0.510. The molecule has 3 N–H and O–H groups in total. The lowest BCUT2D eigenvalue weighted by Crippen LogP contribution is -2.28. The maximum atomic E-state index is 12.6. The molecule has 0 saturated heterocycles. The van der Waals surface area contributed by atoms with Crippen LogP contribution in [0, 0.1) is 0 Å². The van der Waals surface area contributed by atoms with E-state index in [4.69, 9.17) is 24.3 Å². The fourth-order valence-corrected chi connectivity index (χ4v) is 5.83. The first-order valence-electron chi connectivity index (χ1n) is 22.3. The average molecular weight is 850 g/mol. The molecule has 60 heavy (non-hydrogen) atoms. The first kappa shape index (κ1) is 56.4. The molecule has 0 aliphatic heterocycles. The smallest absolute Gasteiger partial charge is 0.457 e. The number of nitrogens with two attached hydrogens (primary N) is 1. The van der Waals surface area contributed by atoms with Gasteiger partial charge in [-0.3, -0.25) is 13.8 Å². The summed E-state index contributed by atoms with van der Waals surface area (Å²) in [5.41, 5.74) is 5.36. The van der Waals surface area contributed by atoms with Crippen LogP contribution < -0.4 is 5.73 Å². The van der Waals surface area contributed by atoms with Crippen LogP contribution in [0.4, 0.5) is 0 Å². The number of rotatable bonds is 40. The van der Waals surface area contributed by atoms with E-state index in [2.05, 4.69) is 160 Å². The van der Waals surface area contributed by atoms with Gasteiger partial charge >= 0.3 is 13.8 Å². The molecule has 336 valence electrons. The third-order valence-corrected chi connectivity index (χ3v) is 9.24. The number of unbranched alkanes of at least 4 members (excludes halogenated alkanes) is 3. The Bertz CT molecular complexity index is 1410. The summed E-state index contributed by atoms with van der Waals surface area (Å²) < 4.78 is 33.3. The van der Waals surface area contributed by atoms with E-state index >= 15 is 0 Å². The highest BCUT2D eigenvalue weighted by Crippen LogP contribution is 2.43. The molecule has 0 aromatic heterocycles. The Morgan fingerprint density at radius 3 is 1.25 bits per heavy atom. The van der Waals surface area contributed by atoms with Crippen molar-refractivity contribution in [2.75, 3.05) is 33.0 Å². The van der Waals surface area contributed by atoms with E-state index in [1.54, 1.807) is 0 Å². The molecular weight excluding hydrogens is 770 g/mol. The van der Waals surface area contributed by atoms with Crippen LogP contribution in [0.15, 0.2) is 146 Å². The fourth-order valence-electron chi connectivity index (χ4n) is 5.07. The van der Waals surface area contributed by atoms with Gasteiger partial charge in [-0.05, 0) is 109 Å². The van der Waals surface area contributed by atoms with Crippen LogP contribution >= 0.6 is 7.82 Å². The Morgan fingerprint density at radius 2 is 0.867 bits per heavy atom. The summed E-state index contributed by atoms with van der Waals surface area (Å²) in [6.07, 6.45) is 67.4. The number of phosphoric ester groups is 1. The second-order valence-corrected chi connectivity index (χ2v) is 15.2. The third-order valence-electron chi connectivity index (χ3n) is 8.25. The van der Waals surface area contributed by atoms with E-state index in [1.165, 1.54) is 0 Å². The van der Waals surface area contributed by atoms with Crippen molar-refractivity contribution in [2.24, 2.45) is 5.73 Å². The minimum Gasteiger partial charge on any atom is -0.457 e. The van der Waals surface area contributed by atoms with E-state index in [1.807, 2.05) is 0 Å². The monoisotopic (exact) mass is 850 g/mol. The van der Waals surface area contributed by atoms with E-state index in [0.717, 1.165) is 103 Å². The molecule has 0 fully saturated rings. The number of carbonyl (C=O) groups excluding carboxylic acids is 1. The predicted molar refractivity (Wildman–Crippen MR) is 256 cm³/mol. The molecule has 0 amide bonds. The van der Waals surface area contributed by atoms with Crippen molar-refractivity contribution < 1.29 is 32.8 Å². The number of hydrogen-bond donors (Lipinski definition) is 2. The zero-order valence-electron chi connectivity index (χ0n) is 37.1. The minimum absolute atomic E-state index is 0.0517. The topological polar surface area (TPSA) is 117 Å². The Balaban J connectivity index is 4.27. The first-order valence-corrected chi connectivity index (χ1v) is 23.8. The zero-order valence-corrected chi connectivity index (χ0v) is 38.0. The van der Waals surface area contributed by atoms with Crippen LogP contribution in [-0.4, -0.2) is 49.9 Å². The van der Waals surface area contributed by atoms with Gasteiger partial charge in [-0.2, -0.15) is 0 Å². The summed E-state index contributed by atoms with van der Waals surface area (Å²) in [7, 11) is -4.32. The van der Waals surface area contributed by atoms with Crippen molar-refractivity contribution in [3.05, 3.63) is 146 Å². The van der Waals surface area contributed by atoms with Crippen LogP contribution in [0.25, 0.3) is 0 Å². The van der Waals surface area contributed by atoms with Crippen molar-refractivity contribution in [3.63, 3.8) is 0 Å². The SMILES string of the molecule is CC/C=C\C/C=C\C/C=C\C/C=C\C/C=C\C/C=C\C/C=C\CCCC(=O)OC(COCCCC/C=C\C/C=C\C/C=C\C/C=C\C/C=C\CC)COP(=O)(O)OCCN. The lowest BCUT2D eigenvalue weighted by atomic mass is 10.2. The number of carbonyl (C=O) groups is 1. The van der Waals surface area contributed by atoms with Crippen molar-refractivity contribution >= 4 is 13.8 Å². The molecule has 0 aliphatic rings. The van der Waals surface area contributed by atoms with E-state index < -0.39 is 19.9 Å². The number of phosphoric acid groups is 1. The molecule has 2 atom stereocenters. The van der Waals surface area contributed by atoms with Crippen molar-refractivity contribution in [3.8, 4) is 0 Å². The molecule has 0 aromatic carbocycles. The molecule has 0 spiro atoms. The zero-order chi connectivity index (χ0) is 43.7. The predicted octanol–water partition coefficient (Wildman–Crippen LogP) is 13.7. The molecule has 8 nitrogen and oxygen atoms in total. The molecule has 0 saturated carbocycles. The molecule has 0 aromatic rings. The summed E-state index contributed by atoms with van der Waals surface area (Å²) in [6.45, 7) is 4.44. The summed E-state index contributed by atoms with van der Waals surface area (Å²) in [5, 5.41) is 0. The van der Waals surface area contributed by atoms with Gasteiger partial charge in [0.1, 0.15) is 6.10 Å². The molecule has 0 radical (unpaired) electrons. The quantitative estimate of drug-likeness (QED) is 0.0271. The second-order valence-electron chi connectivity index (χ2n) is 13.8. The summed E-state index contributed by atoms with van der Waals surface area (Å²) in [5.74, 6) is -0.411. The van der Waals surface area contributed by atoms with Crippen molar-refractivity contribution in [1.29, 1.82) is 0 Å². The van der Waals surface area contributed by atoms with Crippen LogP contribution in [-0.2, 0) is 27.9 Å². The Kier molecular flexibility index (Phi) is 43.6. The van der Waals surface area contributed by atoms with Crippen molar-refractivity contribution in [1.82, 2.24) is 0 Å². The number of hydrogen-bond acceptors (Lipinski definition) is 7. The van der Waals surface area contributed by atoms with Crippen LogP contribution in [0.5, 0.6) is 0 Å². The number of allylic oxidation sites excluding steroid dienone is 24.